The van der Waals surface area contributed by atoms with E-state index in [0.717, 1.165) is 0 Å². The van der Waals surface area contributed by atoms with Crippen molar-refractivity contribution in [2.24, 2.45) is 0 Å². The Morgan fingerprint density at radius 2 is 1.12 bits per heavy atom. The molecular formula is C6H14NaO8P. The molecule has 0 aliphatic carbocycles. The average Bonchev–Trinajstić information content (AvgIpc) is 2.25. The van der Waals surface area contributed by atoms with E-state index in [4.69, 9.17) is 40.1 Å². The van der Waals surface area contributed by atoms with E-state index >= 15 is 0 Å². The molecule has 0 saturated carbocycles. The third kappa shape index (κ3) is 10.0. The maximum atomic E-state index is 8.96. The summed E-state index contributed by atoms with van der Waals surface area (Å²) in [5.41, 5.74) is 0. The van der Waals surface area contributed by atoms with E-state index in [2.05, 4.69) is 0 Å². The van der Waals surface area contributed by atoms with E-state index in [9.17, 15) is 0 Å². The van der Waals surface area contributed by atoms with Crippen molar-refractivity contribution < 1.29 is 69.7 Å². The summed E-state index contributed by atoms with van der Waals surface area (Å²) < 4.78 is 8.35. The van der Waals surface area contributed by atoms with Gasteiger partial charge in [-0.25, -0.2) is 0 Å². The zero-order chi connectivity index (χ0) is 12.4. The van der Waals surface area contributed by atoms with Crippen LogP contribution in [0.3, 0.4) is 0 Å². The van der Waals surface area contributed by atoms with E-state index in [1.165, 1.54) is 0 Å². The summed E-state index contributed by atoms with van der Waals surface area (Å²) >= 11 is 0. The summed E-state index contributed by atoms with van der Waals surface area (Å²) in [6, 6.07) is 0. The molecule has 8 nitrogen and oxygen atoms in total. The van der Waals surface area contributed by atoms with E-state index in [-0.39, 0.29) is 29.6 Å². The molecule has 0 spiro atoms. The van der Waals surface area contributed by atoms with Crippen molar-refractivity contribution in [2.45, 2.75) is 24.4 Å². The molecule has 0 rings (SSSR count). The van der Waals surface area contributed by atoms with Crippen LogP contribution in [0, 0.1) is 0 Å². The second-order valence-electron chi connectivity index (χ2n) is 2.56. The SMILES string of the molecule is O=P[O-].OC[C@@H](O)[C@@H](O)[C@H](O)[C@@H](O)CO.[Na+]. The van der Waals surface area contributed by atoms with Gasteiger partial charge < -0.3 is 35.5 Å². The molecule has 92 valence electrons. The van der Waals surface area contributed by atoms with Crippen LogP contribution in [0.4, 0.5) is 0 Å². The molecule has 0 aromatic heterocycles. The van der Waals surface area contributed by atoms with Crippen LogP contribution in [0.15, 0.2) is 0 Å². The number of hydrogen-bond donors (Lipinski definition) is 6. The molecule has 0 amide bonds. The summed E-state index contributed by atoms with van der Waals surface area (Å²) in [5.74, 6) is 0. The molecule has 0 heterocycles. The fraction of sp³-hybridized carbons (Fsp3) is 1.00. The Labute approximate surface area is 116 Å². The Bertz CT molecular complexity index is 147. The molecule has 10 heteroatoms. The largest absolute Gasteiger partial charge is 1.00 e. The van der Waals surface area contributed by atoms with Gasteiger partial charge in [0.25, 0.3) is 0 Å². The first-order valence-corrected chi connectivity index (χ1v) is 4.58. The molecular weight excluding hydrogens is 254 g/mol. The van der Waals surface area contributed by atoms with E-state index in [1.54, 1.807) is 0 Å². The van der Waals surface area contributed by atoms with Gasteiger partial charge in [-0.3, -0.25) is 4.57 Å². The number of rotatable bonds is 5. The predicted octanol–water partition coefficient (Wildman–Crippen LogP) is -7.03. The van der Waals surface area contributed by atoms with Crippen molar-refractivity contribution in [1.29, 1.82) is 0 Å². The summed E-state index contributed by atoms with van der Waals surface area (Å²) in [6.07, 6.45) is -6.39. The summed E-state index contributed by atoms with van der Waals surface area (Å²) in [4.78, 5) is 8.35. The molecule has 6 N–H and O–H groups in total. The Morgan fingerprint density at radius 1 is 0.938 bits per heavy atom. The predicted molar refractivity (Wildman–Crippen MR) is 45.8 cm³/mol. The Morgan fingerprint density at radius 3 is 1.25 bits per heavy atom. The van der Waals surface area contributed by atoms with Gasteiger partial charge in [-0.15, -0.1) is 0 Å². The van der Waals surface area contributed by atoms with Crippen LogP contribution in [-0.2, 0) is 4.57 Å². The second-order valence-corrected chi connectivity index (χ2v) is 2.70. The fourth-order valence-corrected chi connectivity index (χ4v) is 0.671. The molecule has 0 radical (unpaired) electrons. The zero-order valence-corrected chi connectivity index (χ0v) is 11.6. The summed E-state index contributed by atoms with van der Waals surface area (Å²) in [6.45, 7) is -1.45. The van der Waals surface area contributed by atoms with Crippen LogP contribution >= 0.6 is 8.69 Å². The number of aliphatic hydroxyl groups is 6. The van der Waals surface area contributed by atoms with Gasteiger partial charge in [0.1, 0.15) is 24.4 Å². The maximum Gasteiger partial charge on any atom is 1.00 e. The van der Waals surface area contributed by atoms with Crippen LogP contribution in [0.1, 0.15) is 0 Å². The van der Waals surface area contributed by atoms with Gasteiger partial charge in [0.05, 0.1) is 21.9 Å². The number of hydrogen-bond acceptors (Lipinski definition) is 8. The summed E-state index contributed by atoms with van der Waals surface area (Å²) in [5, 5.41) is 52.2. The quantitative estimate of drug-likeness (QED) is 0.212. The molecule has 0 fully saturated rings. The van der Waals surface area contributed by atoms with Gasteiger partial charge in [-0.2, -0.15) is 0 Å². The van der Waals surface area contributed by atoms with E-state index in [1.807, 2.05) is 0 Å². The molecule has 0 saturated heterocycles. The molecule has 16 heavy (non-hydrogen) atoms. The smallest absolute Gasteiger partial charge is 0.772 e. The topological polar surface area (TPSA) is 162 Å². The van der Waals surface area contributed by atoms with Gasteiger partial charge in [0, 0.05) is 0 Å². The Hall–Kier alpha value is 0.820. The molecule has 4 atom stereocenters. The monoisotopic (exact) mass is 268 g/mol. The summed E-state index contributed by atoms with van der Waals surface area (Å²) in [7, 11) is -1.08. The van der Waals surface area contributed by atoms with Gasteiger partial charge >= 0.3 is 29.6 Å². The minimum atomic E-state index is -1.67. The Kier molecular flexibility index (Phi) is 19.1. The normalized spacial score (nSPS) is 17.4. The molecule has 0 unspecified atom stereocenters. The third-order valence-electron chi connectivity index (χ3n) is 1.51. The van der Waals surface area contributed by atoms with E-state index < -0.39 is 46.3 Å². The van der Waals surface area contributed by atoms with Crippen LogP contribution in [0.25, 0.3) is 0 Å². The Balaban J connectivity index is -0.000000377. The molecule has 0 aliphatic rings. The first kappa shape index (κ1) is 22.0. The van der Waals surface area contributed by atoms with Gasteiger partial charge in [0.15, 0.2) is 0 Å². The van der Waals surface area contributed by atoms with Crippen molar-refractivity contribution in [3.8, 4) is 0 Å². The van der Waals surface area contributed by atoms with E-state index in [0.29, 0.717) is 0 Å². The molecule has 0 aromatic rings. The van der Waals surface area contributed by atoms with Crippen molar-refractivity contribution in [3.63, 3.8) is 0 Å². The minimum Gasteiger partial charge on any atom is -0.772 e. The van der Waals surface area contributed by atoms with Gasteiger partial charge in [-0.05, 0) is 0 Å². The molecule has 0 aromatic carbocycles. The van der Waals surface area contributed by atoms with Crippen LogP contribution in [0.2, 0.25) is 0 Å². The number of aliphatic hydroxyl groups excluding tert-OH is 6. The van der Waals surface area contributed by atoms with Crippen LogP contribution in [-0.4, -0.2) is 68.3 Å². The first-order valence-electron chi connectivity index (χ1n) is 3.85. The van der Waals surface area contributed by atoms with Crippen LogP contribution in [0.5, 0.6) is 0 Å². The third-order valence-corrected chi connectivity index (χ3v) is 1.51. The minimum absolute atomic E-state index is 0. The average molecular weight is 268 g/mol. The maximum absolute atomic E-state index is 8.96. The molecule has 0 bridgehead atoms. The standard InChI is InChI=1S/C6H14O6.Na.HO2P/c7-1-3(9)5(11)6(12)4(10)2-8;;1-3-2/h3-12H,1-2H2;;(H,1,2)/q;+1;/p-1/t3-,4+,5-,6-;;/m1../s1. The van der Waals surface area contributed by atoms with Crippen molar-refractivity contribution in [2.75, 3.05) is 13.2 Å². The van der Waals surface area contributed by atoms with Crippen LogP contribution < -0.4 is 34.5 Å². The van der Waals surface area contributed by atoms with Crippen molar-refractivity contribution in [3.05, 3.63) is 0 Å². The van der Waals surface area contributed by atoms with Gasteiger partial charge in [0.2, 0.25) is 0 Å². The second kappa shape index (κ2) is 13.9. The first-order chi connectivity index (χ1) is 6.95. The van der Waals surface area contributed by atoms with Crippen molar-refractivity contribution >= 4 is 8.69 Å². The fourth-order valence-electron chi connectivity index (χ4n) is 0.671. The zero-order valence-electron chi connectivity index (χ0n) is 8.67. The van der Waals surface area contributed by atoms with Gasteiger partial charge in [-0.1, -0.05) is 0 Å². The van der Waals surface area contributed by atoms with Crippen molar-refractivity contribution in [1.82, 2.24) is 0 Å². The molecule has 0 aliphatic heterocycles.